The number of rotatable bonds is 4. The van der Waals surface area contributed by atoms with Crippen LogP contribution in [-0.4, -0.2) is 0 Å². The van der Waals surface area contributed by atoms with Gasteiger partial charge in [-0.15, -0.1) is 0 Å². The molecule has 0 unspecified atom stereocenters. The predicted molar refractivity (Wildman–Crippen MR) is 280 cm³/mol. The van der Waals surface area contributed by atoms with Crippen LogP contribution in [0.1, 0.15) is 74.9 Å². The van der Waals surface area contributed by atoms with Gasteiger partial charge in [-0.2, -0.15) is 0 Å². The van der Waals surface area contributed by atoms with Gasteiger partial charge in [0.15, 0.2) is 0 Å². The Bertz CT molecular complexity index is 3760. The Morgan fingerprint density at radius 3 is 1.18 bits per heavy atom. The molecule has 66 heavy (non-hydrogen) atoms. The standard InChI is InChI=1S/C65H49N/c1-63(2)55-22-9-7-16-44(55)47-29-25-40(35-58(47)63)66(41-26-30-48-45-17-8-10-23-56(45)64(3,4)59(48)36-41)42-27-31-49-46-28-24-39(34-57(46)65(5,6)60(49)37-42)43-32-33-54-52-19-12-15-38-14-11-18-51(61(38)52)53-21-13-20-50(43)62(53)54/h7-37H,1-6H3. The van der Waals surface area contributed by atoms with Gasteiger partial charge in [-0.3, -0.25) is 0 Å². The van der Waals surface area contributed by atoms with Crippen LogP contribution in [0.4, 0.5) is 17.1 Å². The molecular formula is C65H49N. The first-order chi connectivity index (χ1) is 32.0. The van der Waals surface area contributed by atoms with Crippen LogP contribution in [0.15, 0.2) is 188 Å². The van der Waals surface area contributed by atoms with Crippen molar-refractivity contribution in [1.29, 1.82) is 0 Å². The lowest BCUT2D eigenvalue weighted by atomic mass is 9.80. The maximum Gasteiger partial charge on any atom is 0.0465 e. The van der Waals surface area contributed by atoms with Gasteiger partial charge in [0.25, 0.3) is 0 Å². The molecule has 0 atom stereocenters. The van der Waals surface area contributed by atoms with Crippen molar-refractivity contribution in [3.05, 3.63) is 221 Å². The molecule has 0 fully saturated rings. The molecule has 3 aliphatic rings. The zero-order chi connectivity index (χ0) is 44.4. The summed E-state index contributed by atoms with van der Waals surface area (Å²) in [6, 6.07) is 71.9. The maximum atomic E-state index is 2.53. The second kappa shape index (κ2) is 12.9. The van der Waals surface area contributed by atoms with E-state index < -0.39 is 0 Å². The molecule has 1 nitrogen and oxygen atoms in total. The third kappa shape index (κ3) is 4.85. The fraction of sp³-hybridized carbons (Fsp3) is 0.138. The lowest BCUT2D eigenvalue weighted by Crippen LogP contribution is -2.19. The molecule has 0 N–H and O–H groups in total. The summed E-state index contributed by atoms with van der Waals surface area (Å²) < 4.78 is 0. The molecule has 3 aliphatic carbocycles. The Morgan fingerprint density at radius 2 is 0.652 bits per heavy atom. The van der Waals surface area contributed by atoms with Crippen molar-refractivity contribution >= 4 is 60.2 Å². The molecule has 11 aromatic carbocycles. The van der Waals surface area contributed by atoms with E-state index in [1.807, 2.05) is 0 Å². The SMILES string of the molecule is CC1(C)c2ccccc2-c2ccc(N(c3ccc4c(c3)C(C)(C)c3ccccc3-4)c3ccc4c(c3)C(C)(C)c3cc(-c5ccc6c7cccc8cccc(c9cccc5c96)c87)ccc3-4)cc21. The van der Waals surface area contributed by atoms with Crippen LogP contribution >= 0.6 is 0 Å². The summed E-state index contributed by atoms with van der Waals surface area (Å²) in [6.45, 7) is 14.4. The minimum atomic E-state index is -0.230. The Balaban J connectivity index is 0.916. The molecule has 0 heterocycles. The topological polar surface area (TPSA) is 3.24 Å². The summed E-state index contributed by atoms with van der Waals surface area (Å²) >= 11 is 0. The zero-order valence-corrected chi connectivity index (χ0v) is 38.3. The minimum absolute atomic E-state index is 0.114. The van der Waals surface area contributed by atoms with E-state index in [2.05, 4.69) is 234 Å². The molecule has 0 aliphatic heterocycles. The lowest BCUT2D eigenvalue weighted by Gasteiger charge is -2.31. The van der Waals surface area contributed by atoms with Gasteiger partial charge < -0.3 is 4.90 Å². The predicted octanol–water partition coefficient (Wildman–Crippen LogP) is 17.8. The van der Waals surface area contributed by atoms with Crippen molar-refractivity contribution < 1.29 is 0 Å². The van der Waals surface area contributed by atoms with E-state index in [0.717, 1.165) is 0 Å². The van der Waals surface area contributed by atoms with Crippen LogP contribution in [0.3, 0.4) is 0 Å². The van der Waals surface area contributed by atoms with Crippen molar-refractivity contribution in [3.63, 3.8) is 0 Å². The lowest BCUT2D eigenvalue weighted by molar-refractivity contribution is 0.659. The van der Waals surface area contributed by atoms with E-state index in [4.69, 9.17) is 0 Å². The van der Waals surface area contributed by atoms with E-state index in [1.54, 1.807) is 0 Å². The average molecular weight is 844 g/mol. The van der Waals surface area contributed by atoms with Gasteiger partial charge in [0.1, 0.15) is 0 Å². The first-order valence-electron chi connectivity index (χ1n) is 23.7. The Kier molecular flexibility index (Phi) is 7.38. The van der Waals surface area contributed by atoms with Gasteiger partial charge in [-0.25, -0.2) is 0 Å². The summed E-state index contributed by atoms with van der Waals surface area (Å²) in [5.41, 5.74) is 21.9. The molecule has 1 heteroatoms. The number of anilines is 3. The Hall–Kier alpha value is -7.48. The molecule has 0 aromatic heterocycles. The summed E-state index contributed by atoms with van der Waals surface area (Å²) in [4.78, 5) is 2.53. The van der Waals surface area contributed by atoms with Crippen LogP contribution < -0.4 is 4.90 Å². The Labute approximate surface area is 387 Å². The van der Waals surface area contributed by atoms with Gasteiger partial charge in [0, 0.05) is 33.3 Å². The van der Waals surface area contributed by atoms with Gasteiger partial charge in [-0.1, -0.05) is 187 Å². The van der Waals surface area contributed by atoms with E-state index in [-0.39, 0.29) is 16.2 Å². The normalized spacial score (nSPS) is 15.5. The van der Waals surface area contributed by atoms with Crippen molar-refractivity contribution in [1.82, 2.24) is 0 Å². The summed E-state index contributed by atoms with van der Waals surface area (Å²) in [5, 5.41) is 10.6. The van der Waals surface area contributed by atoms with Gasteiger partial charge in [0.05, 0.1) is 0 Å². The van der Waals surface area contributed by atoms with E-state index in [0.29, 0.717) is 0 Å². The molecule has 314 valence electrons. The van der Waals surface area contributed by atoms with Crippen LogP contribution in [-0.2, 0) is 16.2 Å². The number of benzene rings is 11. The summed E-state index contributed by atoms with van der Waals surface area (Å²) in [5.74, 6) is 0. The Morgan fingerprint density at radius 1 is 0.273 bits per heavy atom. The second-order valence-electron chi connectivity index (χ2n) is 20.8. The van der Waals surface area contributed by atoms with Crippen LogP contribution in [0.2, 0.25) is 0 Å². The first-order valence-corrected chi connectivity index (χ1v) is 23.7. The highest BCUT2D eigenvalue weighted by molar-refractivity contribution is 6.34. The van der Waals surface area contributed by atoms with Gasteiger partial charge in [-0.05, 0) is 163 Å². The summed E-state index contributed by atoms with van der Waals surface area (Å²) in [6.07, 6.45) is 0. The number of nitrogens with zero attached hydrogens (tertiary/aromatic N) is 1. The minimum Gasteiger partial charge on any atom is -0.310 e. The molecule has 0 saturated carbocycles. The van der Waals surface area contributed by atoms with Gasteiger partial charge in [0.2, 0.25) is 0 Å². The molecule has 0 radical (unpaired) electrons. The molecule has 14 rings (SSSR count). The van der Waals surface area contributed by atoms with E-state index in [9.17, 15) is 0 Å². The van der Waals surface area contributed by atoms with Crippen molar-refractivity contribution in [2.45, 2.75) is 57.8 Å². The van der Waals surface area contributed by atoms with E-state index in [1.165, 1.54) is 138 Å². The fourth-order valence-electron chi connectivity index (χ4n) is 13.0. The second-order valence-corrected chi connectivity index (χ2v) is 20.8. The highest BCUT2D eigenvalue weighted by Crippen LogP contribution is 2.56. The summed E-state index contributed by atoms with van der Waals surface area (Å²) in [7, 11) is 0. The molecule has 0 spiro atoms. The monoisotopic (exact) mass is 843 g/mol. The van der Waals surface area contributed by atoms with Crippen LogP contribution in [0, 0.1) is 0 Å². The van der Waals surface area contributed by atoms with Crippen LogP contribution in [0.5, 0.6) is 0 Å². The largest absolute Gasteiger partial charge is 0.310 e. The third-order valence-electron chi connectivity index (χ3n) is 16.4. The van der Waals surface area contributed by atoms with Crippen LogP contribution in [0.25, 0.3) is 87.6 Å². The molecule has 0 bridgehead atoms. The van der Waals surface area contributed by atoms with Crippen molar-refractivity contribution in [3.8, 4) is 44.5 Å². The zero-order valence-electron chi connectivity index (χ0n) is 38.3. The molecule has 0 saturated heterocycles. The number of hydrogen-bond acceptors (Lipinski definition) is 1. The maximum absolute atomic E-state index is 2.53. The quantitative estimate of drug-likeness (QED) is 0.126. The smallest absolute Gasteiger partial charge is 0.0465 e. The highest BCUT2D eigenvalue weighted by Gasteiger charge is 2.40. The van der Waals surface area contributed by atoms with Crippen molar-refractivity contribution in [2.75, 3.05) is 4.90 Å². The first kappa shape index (κ1) is 37.9. The fourth-order valence-corrected chi connectivity index (χ4v) is 13.0. The highest BCUT2D eigenvalue weighted by atomic mass is 15.1. The third-order valence-corrected chi connectivity index (χ3v) is 16.4. The number of fused-ring (bicyclic) bond motifs is 11. The average Bonchev–Trinajstić information content (AvgIpc) is 3.82. The molecule has 0 amide bonds. The van der Waals surface area contributed by atoms with E-state index >= 15 is 0 Å². The number of hydrogen-bond donors (Lipinski definition) is 0. The molecular weight excluding hydrogens is 795 g/mol. The van der Waals surface area contributed by atoms with Gasteiger partial charge >= 0.3 is 0 Å². The van der Waals surface area contributed by atoms with Crippen molar-refractivity contribution in [2.24, 2.45) is 0 Å². The molecule has 11 aromatic rings.